The van der Waals surface area contributed by atoms with Gasteiger partial charge in [-0.15, -0.1) is 0 Å². The predicted molar refractivity (Wildman–Crippen MR) is 236 cm³/mol. The van der Waals surface area contributed by atoms with Gasteiger partial charge in [0.15, 0.2) is 0 Å². The second-order valence-electron chi connectivity index (χ2n) is 21.6. The highest BCUT2D eigenvalue weighted by Crippen LogP contribution is 2.86. The Bertz CT molecular complexity index is 2680. The molecule has 9 unspecified atom stereocenters. The number of hydrogen-bond donors (Lipinski definition) is 0. The fourth-order valence-electron chi connectivity index (χ4n) is 18.0. The van der Waals surface area contributed by atoms with Crippen LogP contribution < -0.4 is 4.90 Å². The predicted octanol–water partition coefficient (Wildman–Crippen LogP) is 14.0. The number of nitrogens with zero attached hydrogens (tertiary/aromatic N) is 1. The first-order valence-electron chi connectivity index (χ1n) is 23.3. The van der Waals surface area contributed by atoms with Gasteiger partial charge in [-0.25, -0.2) is 0 Å². The first kappa shape index (κ1) is 32.3. The molecule has 6 bridgehead atoms. The lowest BCUT2D eigenvalue weighted by Gasteiger charge is -2.73. The van der Waals surface area contributed by atoms with E-state index in [9.17, 15) is 0 Å². The van der Waals surface area contributed by atoms with Crippen LogP contribution in [-0.4, -0.2) is 0 Å². The molecule has 1 nitrogen and oxygen atoms in total. The van der Waals surface area contributed by atoms with Crippen LogP contribution in [0.25, 0.3) is 16.7 Å². The Morgan fingerprint density at radius 2 is 1.17 bits per heavy atom. The van der Waals surface area contributed by atoms with Crippen molar-refractivity contribution < 1.29 is 0 Å². The van der Waals surface area contributed by atoms with E-state index in [0.29, 0.717) is 22.2 Å². The van der Waals surface area contributed by atoms with Crippen molar-refractivity contribution in [3.05, 3.63) is 166 Å². The number of fused-ring (bicyclic) bond motifs is 10. The van der Waals surface area contributed by atoms with Gasteiger partial charge >= 0.3 is 0 Å². The number of benzene rings is 5. The molecule has 11 aliphatic rings. The van der Waals surface area contributed by atoms with Crippen LogP contribution >= 0.6 is 0 Å². The first-order valence-corrected chi connectivity index (χ1v) is 23.3. The van der Waals surface area contributed by atoms with E-state index in [-0.39, 0.29) is 5.41 Å². The molecule has 8 saturated carbocycles. The Hall–Kier alpha value is -4.62. The van der Waals surface area contributed by atoms with Gasteiger partial charge < -0.3 is 4.90 Å². The fraction of sp³-hybridized carbons (Fsp3) is 0.404. The molecule has 0 saturated heterocycles. The molecule has 286 valence electrons. The van der Waals surface area contributed by atoms with Crippen molar-refractivity contribution in [2.45, 2.75) is 93.8 Å². The maximum absolute atomic E-state index is 2.62. The molecular weight excluding hydrogens is 699 g/mol. The van der Waals surface area contributed by atoms with Crippen molar-refractivity contribution in [3.8, 4) is 11.1 Å². The summed E-state index contributed by atoms with van der Waals surface area (Å²) in [6, 6.07) is 46.5. The second kappa shape index (κ2) is 10.6. The zero-order valence-electron chi connectivity index (χ0n) is 33.9. The molecule has 0 heterocycles. The molecule has 16 rings (SSSR count). The lowest BCUT2D eigenvalue weighted by atomic mass is 9.31. The summed E-state index contributed by atoms with van der Waals surface area (Å²) in [5.41, 5.74) is 20.0. The van der Waals surface area contributed by atoms with Crippen molar-refractivity contribution in [2.24, 2.45) is 46.8 Å². The highest BCUT2D eigenvalue weighted by atomic mass is 15.1. The summed E-state index contributed by atoms with van der Waals surface area (Å²) in [4.78, 5) is 2.62. The molecule has 11 aliphatic carbocycles. The largest absolute Gasteiger partial charge is 0.310 e. The number of anilines is 3. The third-order valence-electron chi connectivity index (χ3n) is 19.6. The first-order chi connectivity index (χ1) is 28.5. The number of allylic oxidation sites excluding steroid dienone is 4. The molecule has 0 radical (unpaired) electrons. The van der Waals surface area contributed by atoms with Gasteiger partial charge in [0.25, 0.3) is 0 Å². The van der Waals surface area contributed by atoms with Crippen molar-refractivity contribution in [1.82, 2.24) is 0 Å². The van der Waals surface area contributed by atoms with E-state index in [1.165, 1.54) is 120 Å². The van der Waals surface area contributed by atoms with Gasteiger partial charge in [-0.05, 0) is 215 Å². The van der Waals surface area contributed by atoms with Gasteiger partial charge in [-0.2, -0.15) is 0 Å². The second-order valence-corrected chi connectivity index (χ2v) is 21.6. The monoisotopic (exact) mass is 751 g/mol. The summed E-state index contributed by atoms with van der Waals surface area (Å²) < 4.78 is 0. The molecule has 8 fully saturated rings. The molecule has 9 atom stereocenters. The summed E-state index contributed by atoms with van der Waals surface area (Å²) >= 11 is 0. The smallest absolute Gasteiger partial charge is 0.0689 e. The van der Waals surface area contributed by atoms with Gasteiger partial charge in [0.05, 0.1) is 5.41 Å². The Balaban J connectivity index is 0.902. The van der Waals surface area contributed by atoms with Crippen LogP contribution in [0.1, 0.15) is 111 Å². The lowest BCUT2D eigenvalue weighted by Crippen LogP contribution is -2.68. The molecule has 5 aromatic rings. The van der Waals surface area contributed by atoms with E-state index in [0.717, 1.165) is 41.9 Å². The third kappa shape index (κ3) is 3.56. The van der Waals surface area contributed by atoms with Crippen molar-refractivity contribution in [1.29, 1.82) is 0 Å². The molecule has 5 aromatic carbocycles. The normalized spacial score (nSPS) is 39.0. The molecule has 0 aromatic heterocycles. The van der Waals surface area contributed by atoms with E-state index >= 15 is 0 Å². The lowest BCUT2D eigenvalue weighted by molar-refractivity contribution is -0.198. The zero-order valence-corrected chi connectivity index (χ0v) is 33.9. The fourth-order valence-corrected chi connectivity index (χ4v) is 18.0. The van der Waals surface area contributed by atoms with Crippen molar-refractivity contribution >= 4 is 22.6 Å². The van der Waals surface area contributed by atoms with Gasteiger partial charge in [0.1, 0.15) is 0 Å². The van der Waals surface area contributed by atoms with Crippen LogP contribution in [0.4, 0.5) is 17.1 Å². The highest BCUT2D eigenvalue weighted by molar-refractivity contribution is 5.98. The Kier molecular flexibility index (Phi) is 5.88. The van der Waals surface area contributed by atoms with E-state index in [4.69, 9.17) is 0 Å². The molecule has 0 amide bonds. The zero-order chi connectivity index (χ0) is 37.8. The molecule has 2 spiro atoms. The standard InChI is InChI=1S/C57H53N/c1-34-10-20-48-46-6-2-4-8-50(46)57(52(48)22-34)51-9-5-3-7-47(51)49-21-19-45(28-53(49)57)58(43-15-11-38(12-16-43)54-29-35-23-36(30-54)25-40(54)24-35)44-17-13-39(14-18-44)55-31-37-26-41-27-42(33-55)56(41,55)32-37/h2-21,28,34-37,40-42H,22-27,29-33H2,1H3. The van der Waals surface area contributed by atoms with Crippen molar-refractivity contribution in [2.75, 3.05) is 4.90 Å². The highest BCUT2D eigenvalue weighted by Gasteiger charge is 2.80. The molecular formula is C57H53N. The minimum Gasteiger partial charge on any atom is -0.310 e. The average Bonchev–Trinajstić information content (AvgIpc) is 4.03. The van der Waals surface area contributed by atoms with Crippen LogP contribution in [-0.2, 0) is 16.2 Å². The van der Waals surface area contributed by atoms with E-state index in [2.05, 4.69) is 139 Å². The van der Waals surface area contributed by atoms with E-state index in [1.54, 1.807) is 16.7 Å². The maximum Gasteiger partial charge on any atom is 0.0689 e. The number of hydrogen-bond acceptors (Lipinski definition) is 1. The Morgan fingerprint density at radius 3 is 1.91 bits per heavy atom. The van der Waals surface area contributed by atoms with E-state index < -0.39 is 0 Å². The van der Waals surface area contributed by atoms with Crippen LogP contribution in [0.5, 0.6) is 0 Å². The average molecular weight is 752 g/mol. The third-order valence-corrected chi connectivity index (χ3v) is 19.6. The van der Waals surface area contributed by atoms with Crippen LogP contribution in [0, 0.1) is 46.8 Å². The summed E-state index contributed by atoms with van der Waals surface area (Å²) in [6.07, 6.45) is 20.7. The molecule has 1 heteroatoms. The topological polar surface area (TPSA) is 3.24 Å². The summed E-state index contributed by atoms with van der Waals surface area (Å²) in [6.45, 7) is 2.40. The van der Waals surface area contributed by atoms with Gasteiger partial charge in [0.2, 0.25) is 0 Å². The Morgan fingerprint density at radius 1 is 0.517 bits per heavy atom. The summed E-state index contributed by atoms with van der Waals surface area (Å²) in [5, 5.41) is 0. The molecule has 58 heavy (non-hydrogen) atoms. The van der Waals surface area contributed by atoms with Gasteiger partial charge in [0, 0.05) is 22.5 Å². The Labute approximate surface area is 344 Å². The van der Waals surface area contributed by atoms with Gasteiger partial charge in [-0.3, -0.25) is 0 Å². The molecule has 0 N–H and O–H groups in total. The minimum atomic E-state index is -0.285. The van der Waals surface area contributed by atoms with Crippen LogP contribution in [0.3, 0.4) is 0 Å². The van der Waals surface area contributed by atoms with Crippen molar-refractivity contribution in [3.63, 3.8) is 0 Å². The van der Waals surface area contributed by atoms with Gasteiger partial charge in [-0.1, -0.05) is 97.9 Å². The quantitative estimate of drug-likeness (QED) is 0.173. The van der Waals surface area contributed by atoms with Crippen LogP contribution in [0.2, 0.25) is 0 Å². The van der Waals surface area contributed by atoms with Crippen LogP contribution in [0.15, 0.2) is 133 Å². The van der Waals surface area contributed by atoms with E-state index in [1.807, 2.05) is 0 Å². The number of rotatable bonds is 5. The molecule has 0 aliphatic heterocycles. The minimum absolute atomic E-state index is 0.285. The maximum atomic E-state index is 2.62. The summed E-state index contributed by atoms with van der Waals surface area (Å²) in [5.74, 6) is 6.32. The SMILES string of the molecule is CC1C=CC2=C(C1)C1(c3ccccc32)c2ccccc2-c2ccc(N(c3ccc(C45CC6CC(CC4C6)C5)cc3)c3ccc(C45CC6CC7CC(C4)C75C6)cc3)cc21. The summed E-state index contributed by atoms with van der Waals surface area (Å²) in [7, 11) is 0.